The molecule has 4 nitrogen and oxygen atoms in total. The number of carbonyl (C=O) groups excluding carboxylic acids is 2. The summed E-state index contributed by atoms with van der Waals surface area (Å²) in [6, 6.07) is 0. The van der Waals surface area contributed by atoms with Crippen molar-refractivity contribution in [1.29, 1.82) is 0 Å². The van der Waals surface area contributed by atoms with Gasteiger partial charge in [0.05, 0.1) is 24.7 Å². The molecule has 0 bridgehead atoms. The fourth-order valence-electron chi connectivity index (χ4n) is 0.911. The third kappa shape index (κ3) is 13.9. The first kappa shape index (κ1) is 18.6. The molecular formula is C13H24O4S2. The number of esters is 2. The first-order chi connectivity index (χ1) is 8.91. The van der Waals surface area contributed by atoms with Crippen molar-refractivity contribution in [3.05, 3.63) is 0 Å². The molecule has 0 aliphatic rings. The van der Waals surface area contributed by atoms with Crippen LogP contribution in [0.5, 0.6) is 0 Å². The van der Waals surface area contributed by atoms with E-state index in [1.165, 1.54) is 23.5 Å². The maximum atomic E-state index is 11.3. The lowest BCUT2D eigenvalue weighted by Crippen LogP contribution is -2.13. The fourth-order valence-corrected chi connectivity index (χ4v) is 2.55. The van der Waals surface area contributed by atoms with Gasteiger partial charge in [-0.15, -0.1) is 23.5 Å². The molecule has 0 unspecified atom stereocenters. The second-order valence-corrected chi connectivity index (χ2v) is 7.31. The molecule has 0 saturated carbocycles. The molecule has 0 amide bonds. The molecule has 0 aromatic rings. The zero-order valence-corrected chi connectivity index (χ0v) is 13.8. The number of hydrogen-bond acceptors (Lipinski definition) is 6. The van der Waals surface area contributed by atoms with Crippen molar-refractivity contribution >= 4 is 35.5 Å². The Bertz CT molecular complexity index is 241. The SMILES string of the molecule is CC(C)COC(=O)CSCSCC(=O)OCC(C)C. The maximum absolute atomic E-state index is 11.3. The summed E-state index contributed by atoms with van der Waals surface area (Å²) in [7, 11) is 0. The fraction of sp³-hybridized carbons (Fsp3) is 0.846. The minimum absolute atomic E-state index is 0.193. The van der Waals surface area contributed by atoms with Gasteiger partial charge in [-0.1, -0.05) is 27.7 Å². The Balaban J connectivity index is 3.39. The zero-order valence-electron chi connectivity index (χ0n) is 12.1. The van der Waals surface area contributed by atoms with Crippen LogP contribution in [0, 0.1) is 11.8 Å². The normalized spacial score (nSPS) is 10.8. The molecule has 0 atom stereocenters. The van der Waals surface area contributed by atoms with E-state index in [9.17, 15) is 9.59 Å². The molecule has 0 rings (SSSR count). The molecule has 0 radical (unpaired) electrons. The Labute approximate surface area is 124 Å². The topological polar surface area (TPSA) is 52.6 Å². The average Bonchev–Trinajstić information content (AvgIpc) is 2.33. The van der Waals surface area contributed by atoms with E-state index in [-0.39, 0.29) is 11.9 Å². The summed E-state index contributed by atoms with van der Waals surface area (Å²) in [5.74, 6) is 1.00. The van der Waals surface area contributed by atoms with Crippen LogP contribution in [0.2, 0.25) is 0 Å². The lowest BCUT2D eigenvalue weighted by atomic mass is 10.2. The highest BCUT2D eigenvalue weighted by molar-refractivity contribution is 8.16. The lowest BCUT2D eigenvalue weighted by Gasteiger charge is -2.07. The number of thioether (sulfide) groups is 2. The van der Waals surface area contributed by atoms with Crippen molar-refractivity contribution in [2.45, 2.75) is 27.7 Å². The van der Waals surface area contributed by atoms with Gasteiger partial charge in [-0.05, 0) is 11.8 Å². The van der Waals surface area contributed by atoms with Crippen LogP contribution < -0.4 is 0 Å². The van der Waals surface area contributed by atoms with Crippen molar-refractivity contribution in [2.24, 2.45) is 11.8 Å². The van der Waals surface area contributed by atoms with Gasteiger partial charge in [0.1, 0.15) is 0 Å². The van der Waals surface area contributed by atoms with Gasteiger partial charge in [-0.25, -0.2) is 0 Å². The number of ether oxygens (including phenoxy) is 2. The van der Waals surface area contributed by atoms with E-state index in [0.29, 0.717) is 41.6 Å². The molecule has 0 aromatic heterocycles. The molecule has 0 spiro atoms. The molecule has 112 valence electrons. The van der Waals surface area contributed by atoms with E-state index in [4.69, 9.17) is 9.47 Å². The maximum Gasteiger partial charge on any atom is 0.315 e. The second-order valence-electron chi connectivity index (χ2n) is 4.97. The molecule has 0 fully saturated rings. The van der Waals surface area contributed by atoms with E-state index in [0.717, 1.165) is 0 Å². The largest absolute Gasteiger partial charge is 0.465 e. The van der Waals surface area contributed by atoms with Crippen LogP contribution in [-0.4, -0.2) is 41.7 Å². The Morgan fingerprint density at radius 2 is 1.21 bits per heavy atom. The highest BCUT2D eigenvalue weighted by Crippen LogP contribution is 2.12. The van der Waals surface area contributed by atoms with Crippen molar-refractivity contribution in [2.75, 3.05) is 29.8 Å². The van der Waals surface area contributed by atoms with Gasteiger partial charge >= 0.3 is 11.9 Å². The Morgan fingerprint density at radius 3 is 1.53 bits per heavy atom. The van der Waals surface area contributed by atoms with Crippen molar-refractivity contribution in [1.82, 2.24) is 0 Å². The summed E-state index contributed by atoms with van der Waals surface area (Å²) in [6.07, 6.45) is 0. The molecule has 0 N–H and O–H groups in total. The van der Waals surface area contributed by atoms with Gasteiger partial charge in [0.25, 0.3) is 0 Å². The van der Waals surface area contributed by atoms with E-state index < -0.39 is 0 Å². The predicted molar refractivity (Wildman–Crippen MR) is 81.4 cm³/mol. The van der Waals surface area contributed by atoms with Crippen LogP contribution in [0.4, 0.5) is 0 Å². The summed E-state index contributed by atoms with van der Waals surface area (Å²) < 4.78 is 10.1. The second kappa shape index (κ2) is 11.5. The smallest absolute Gasteiger partial charge is 0.315 e. The lowest BCUT2D eigenvalue weighted by molar-refractivity contribution is -0.142. The first-order valence-electron chi connectivity index (χ1n) is 6.38. The standard InChI is InChI=1S/C13H24O4S2/c1-10(2)5-16-12(14)7-18-9-19-8-13(15)17-6-11(3)4/h10-11H,5-9H2,1-4H3. The highest BCUT2D eigenvalue weighted by atomic mass is 32.2. The van der Waals surface area contributed by atoms with Gasteiger partial charge in [-0.2, -0.15) is 0 Å². The van der Waals surface area contributed by atoms with E-state index >= 15 is 0 Å². The summed E-state index contributed by atoms with van der Waals surface area (Å²) >= 11 is 2.92. The minimum atomic E-state index is -0.193. The molecule has 19 heavy (non-hydrogen) atoms. The third-order valence-electron chi connectivity index (χ3n) is 1.76. The highest BCUT2D eigenvalue weighted by Gasteiger charge is 2.07. The molecule has 6 heteroatoms. The van der Waals surface area contributed by atoms with Gasteiger partial charge < -0.3 is 9.47 Å². The number of carbonyl (C=O) groups is 2. The first-order valence-corrected chi connectivity index (χ1v) is 8.69. The summed E-state index contributed by atoms with van der Waals surface area (Å²) in [5.41, 5.74) is 0. The van der Waals surface area contributed by atoms with Crippen molar-refractivity contribution in [3.8, 4) is 0 Å². The number of hydrogen-bond donors (Lipinski definition) is 0. The van der Waals surface area contributed by atoms with E-state index in [2.05, 4.69) is 0 Å². The molecule has 0 aromatic carbocycles. The van der Waals surface area contributed by atoms with Crippen LogP contribution in [-0.2, 0) is 19.1 Å². The zero-order chi connectivity index (χ0) is 14.7. The number of rotatable bonds is 10. The quantitative estimate of drug-likeness (QED) is 0.351. The van der Waals surface area contributed by atoms with Crippen LogP contribution in [0.25, 0.3) is 0 Å². The Kier molecular flexibility index (Phi) is 11.2. The monoisotopic (exact) mass is 308 g/mol. The summed E-state index contributed by atoms with van der Waals surface area (Å²) in [5, 5.41) is 0.688. The Hall–Kier alpha value is -0.360. The summed E-state index contributed by atoms with van der Waals surface area (Å²) in [4.78, 5) is 22.6. The molecule has 0 heterocycles. The van der Waals surface area contributed by atoms with Crippen LogP contribution in [0.15, 0.2) is 0 Å². The van der Waals surface area contributed by atoms with Gasteiger partial charge in [0, 0.05) is 5.08 Å². The van der Waals surface area contributed by atoms with Crippen molar-refractivity contribution in [3.63, 3.8) is 0 Å². The summed E-state index contributed by atoms with van der Waals surface area (Å²) in [6.45, 7) is 8.93. The Morgan fingerprint density at radius 1 is 0.842 bits per heavy atom. The predicted octanol–water partition coefficient (Wildman–Crippen LogP) is 2.81. The molecular weight excluding hydrogens is 284 g/mol. The van der Waals surface area contributed by atoms with Crippen molar-refractivity contribution < 1.29 is 19.1 Å². The van der Waals surface area contributed by atoms with E-state index in [1.807, 2.05) is 27.7 Å². The van der Waals surface area contributed by atoms with Crippen LogP contribution >= 0.6 is 23.5 Å². The van der Waals surface area contributed by atoms with Gasteiger partial charge in [0.2, 0.25) is 0 Å². The average molecular weight is 308 g/mol. The van der Waals surface area contributed by atoms with Crippen LogP contribution in [0.3, 0.4) is 0 Å². The molecule has 0 aliphatic carbocycles. The van der Waals surface area contributed by atoms with E-state index in [1.54, 1.807) is 0 Å². The minimum Gasteiger partial charge on any atom is -0.465 e. The third-order valence-corrected chi connectivity index (χ3v) is 3.97. The molecule has 0 saturated heterocycles. The van der Waals surface area contributed by atoms with Crippen LogP contribution in [0.1, 0.15) is 27.7 Å². The van der Waals surface area contributed by atoms with Gasteiger partial charge in [-0.3, -0.25) is 9.59 Å². The molecule has 0 aliphatic heterocycles. The van der Waals surface area contributed by atoms with Gasteiger partial charge in [0.15, 0.2) is 0 Å².